The van der Waals surface area contributed by atoms with Gasteiger partial charge in [-0.15, -0.1) is 0 Å². The minimum absolute atomic E-state index is 0.0685. The lowest BCUT2D eigenvalue weighted by molar-refractivity contribution is -0.120. The van der Waals surface area contributed by atoms with E-state index in [4.69, 9.17) is 14.5 Å². The monoisotopic (exact) mass is 430 g/mol. The number of pyridine rings is 1. The van der Waals surface area contributed by atoms with Gasteiger partial charge in [-0.3, -0.25) is 4.79 Å². The molecular weight excluding hydrogens is 400 g/mol. The molecule has 0 spiro atoms. The van der Waals surface area contributed by atoms with Crippen molar-refractivity contribution in [1.29, 1.82) is 0 Å². The first-order chi connectivity index (χ1) is 15.7. The summed E-state index contributed by atoms with van der Waals surface area (Å²) in [7, 11) is 0. The maximum absolute atomic E-state index is 12.6. The molecule has 0 saturated carbocycles. The molecule has 32 heavy (non-hydrogen) atoms. The van der Waals surface area contributed by atoms with E-state index in [1.54, 1.807) is 0 Å². The van der Waals surface area contributed by atoms with Gasteiger partial charge >= 0.3 is 0 Å². The molecule has 3 aromatic rings. The van der Waals surface area contributed by atoms with E-state index >= 15 is 0 Å². The first kappa shape index (κ1) is 21.9. The highest BCUT2D eigenvalue weighted by atomic mass is 16.6. The molecule has 2 aromatic carbocycles. The third kappa shape index (κ3) is 5.10. The van der Waals surface area contributed by atoms with E-state index in [-0.39, 0.29) is 11.8 Å². The Morgan fingerprint density at radius 1 is 0.938 bits per heavy atom. The lowest BCUT2D eigenvalue weighted by Crippen LogP contribution is -2.22. The first-order valence-electron chi connectivity index (χ1n) is 11.5. The van der Waals surface area contributed by atoms with Crippen LogP contribution >= 0.6 is 0 Å². The van der Waals surface area contributed by atoms with Gasteiger partial charge in [-0.05, 0) is 55.3 Å². The number of ether oxygens (including phenoxy) is 2. The molecule has 1 aliphatic heterocycles. The lowest BCUT2D eigenvalue weighted by Gasteiger charge is -2.18. The van der Waals surface area contributed by atoms with Crippen LogP contribution in [0.2, 0.25) is 0 Å². The second-order valence-corrected chi connectivity index (χ2v) is 8.08. The number of amides is 1. The SMILES string of the molecule is CCCC[C@H](CC)C(=O)Nc1ccc(-c2cccc(-c3ccc4c(c3)OCCO4)n2)cc1. The molecule has 0 unspecified atom stereocenters. The average Bonchev–Trinajstić information content (AvgIpc) is 2.85. The molecule has 4 rings (SSSR count). The summed E-state index contributed by atoms with van der Waals surface area (Å²) in [5.74, 6) is 1.70. The van der Waals surface area contributed by atoms with Crippen LogP contribution in [0.1, 0.15) is 39.5 Å². The van der Waals surface area contributed by atoms with Crippen molar-refractivity contribution in [3.05, 3.63) is 60.7 Å². The Morgan fingerprint density at radius 2 is 1.62 bits per heavy atom. The van der Waals surface area contributed by atoms with Gasteiger partial charge in [-0.25, -0.2) is 4.98 Å². The summed E-state index contributed by atoms with van der Waals surface area (Å²) in [6.45, 7) is 5.36. The van der Waals surface area contributed by atoms with Crippen molar-refractivity contribution in [3.8, 4) is 34.0 Å². The zero-order valence-corrected chi connectivity index (χ0v) is 18.8. The number of nitrogens with one attached hydrogen (secondary N) is 1. The van der Waals surface area contributed by atoms with Crippen LogP contribution in [0.4, 0.5) is 5.69 Å². The molecule has 1 aliphatic rings. The molecule has 1 aromatic heterocycles. The second kappa shape index (κ2) is 10.3. The van der Waals surface area contributed by atoms with Gasteiger partial charge in [0.1, 0.15) is 13.2 Å². The van der Waals surface area contributed by atoms with Crippen LogP contribution in [0, 0.1) is 5.92 Å². The fraction of sp³-hybridized carbons (Fsp3) is 0.333. The van der Waals surface area contributed by atoms with Crippen molar-refractivity contribution < 1.29 is 14.3 Å². The van der Waals surface area contributed by atoms with Crippen molar-refractivity contribution in [2.45, 2.75) is 39.5 Å². The van der Waals surface area contributed by atoms with Gasteiger partial charge in [0.05, 0.1) is 11.4 Å². The average molecular weight is 431 g/mol. The van der Waals surface area contributed by atoms with E-state index in [1.165, 1.54) is 0 Å². The molecule has 5 heteroatoms. The molecule has 2 heterocycles. The van der Waals surface area contributed by atoms with Gasteiger partial charge in [0, 0.05) is 22.7 Å². The molecule has 166 valence electrons. The van der Waals surface area contributed by atoms with Gasteiger partial charge in [0.25, 0.3) is 0 Å². The number of anilines is 1. The normalized spacial score (nSPS) is 13.4. The molecule has 1 atom stereocenters. The van der Waals surface area contributed by atoms with E-state index in [0.717, 1.165) is 65.4 Å². The second-order valence-electron chi connectivity index (χ2n) is 8.08. The smallest absolute Gasteiger partial charge is 0.227 e. The summed E-state index contributed by atoms with van der Waals surface area (Å²) >= 11 is 0. The number of rotatable bonds is 8. The molecule has 1 amide bonds. The van der Waals surface area contributed by atoms with Gasteiger partial charge in [-0.1, -0.05) is 44.9 Å². The molecule has 0 radical (unpaired) electrons. The molecule has 0 saturated heterocycles. The third-order valence-electron chi connectivity index (χ3n) is 5.80. The summed E-state index contributed by atoms with van der Waals surface area (Å²) in [5.41, 5.74) is 4.55. The highest BCUT2D eigenvalue weighted by Gasteiger charge is 2.16. The Labute approximate surface area is 189 Å². The summed E-state index contributed by atoms with van der Waals surface area (Å²) in [4.78, 5) is 17.4. The Kier molecular flexibility index (Phi) is 7.05. The van der Waals surface area contributed by atoms with Crippen LogP contribution in [0.3, 0.4) is 0 Å². The lowest BCUT2D eigenvalue weighted by atomic mass is 9.98. The first-order valence-corrected chi connectivity index (χ1v) is 11.5. The molecular formula is C27H30N2O3. The molecule has 1 N–H and O–H groups in total. The standard InChI is InChI=1S/C27H30N2O3/c1-3-5-7-19(4-2)27(30)28-22-13-10-20(11-14-22)23-8-6-9-24(29-23)21-12-15-25-26(18-21)32-17-16-31-25/h6,8-15,18-19H,3-5,7,16-17H2,1-2H3,(H,28,30)/t19-/m0/s1. The topological polar surface area (TPSA) is 60.5 Å². The van der Waals surface area contributed by atoms with Gasteiger partial charge in [0.15, 0.2) is 11.5 Å². The number of nitrogens with zero attached hydrogens (tertiary/aromatic N) is 1. The molecule has 5 nitrogen and oxygen atoms in total. The summed E-state index contributed by atoms with van der Waals surface area (Å²) in [6, 6.07) is 19.8. The molecule has 0 fully saturated rings. The zero-order chi connectivity index (χ0) is 22.3. The van der Waals surface area contributed by atoms with Crippen LogP contribution < -0.4 is 14.8 Å². The van der Waals surface area contributed by atoms with E-state index in [1.807, 2.05) is 60.7 Å². The fourth-order valence-electron chi connectivity index (χ4n) is 3.90. The van der Waals surface area contributed by atoms with Crippen LogP contribution in [0.25, 0.3) is 22.5 Å². The minimum atomic E-state index is 0.0685. The van der Waals surface area contributed by atoms with E-state index in [2.05, 4.69) is 19.2 Å². The number of hydrogen-bond acceptors (Lipinski definition) is 4. The predicted molar refractivity (Wildman–Crippen MR) is 128 cm³/mol. The number of benzene rings is 2. The van der Waals surface area contributed by atoms with Crippen LogP contribution in [0.15, 0.2) is 60.7 Å². The van der Waals surface area contributed by atoms with Crippen LogP contribution in [-0.4, -0.2) is 24.1 Å². The van der Waals surface area contributed by atoms with Gasteiger partial charge in [0.2, 0.25) is 5.91 Å². The van der Waals surface area contributed by atoms with Crippen molar-refractivity contribution in [1.82, 2.24) is 4.98 Å². The van der Waals surface area contributed by atoms with Gasteiger partial charge in [-0.2, -0.15) is 0 Å². The number of aromatic nitrogens is 1. The Bertz CT molecular complexity index is 1060. The van der Waals surface area contributed by atoms with Gasteiger partial charge < -0.3 is 14.8 Å². The van der Waals surface area contributed by atoms with Crippen molar-refractivity contribution in [3.63, 3.8) is 0 Å². The summed E-state index contributed by atoms with van der Waals surface area (Å²) < 4.78 is 11.3. The van der Waals surface area contributed by atoms with Crippen molar-refractivity contribution in [2.75, 3.05) is 18.5 Å². The largest absolute Gasteiger partial charge is 0.486 e. The zero-order valence-electron chi connectivity index (χ0n) is 18.8. The summed E-state index contributed by atoms with van der Waals surface area (Å²) in [6.07, 6.45) is 3.99. The van der Waals surface area contributed by atoms with Crippen molar-refractivity contribution >= 4 is 11.6 Å². The Morgan fingerprint density at radius 3 is 2.34 bits per heavy atom. The number of fused-ring (bicyclic) bond motifs is 1. The molecule has 0 bridgehead atoms. The van der Waals surface area contributed by atoms with Crippen LogP contribution in [-0.2, 0) is 4.79 Å². The maximum atomic E-state index is 12.6. The fourth-order valence-corrected chi connectivity index (χ4v) is 3.90. The van der Waals surface area contributed by atoms with Crippen LogP contribution in [0.5, 0.6) is 11.5 Å². The predicted octanol–water partition coefficient (Wildman–Crippen LogP) is 6.34. The number of hydrogen-bond donors (Lipinski definition) is 1. The number of carbonyl (C=O) groups excluding carboxylic acids is 1. The third-order valence-corrected chi connectivity index (χ3v) is 5.80. The Balaban J connectivity index is 1.48. The number of unbranched alkanes of at least 4 members (excludes halogenated alkanes) is 1. The van der Waals surface area contributed by atoms with E-state index in [0.29, 0.717) is 13.2 Å². The maximum Gasteiger partial charge on any atom is 0.227 e. The quantitative estimate of drug-likeness (QED) is 0.453. The van der Waals surface area contributed by atoms with E-state index < -0.39 is 0 Å². The highest BCUT2D eigenvalue weighted by Crippen LogP contribution is 2.34. The highest BCUT2D eigenvalue weighted by molar-refractivity contribution is 5.92. The minimum Gasteiger partial charge on any atom is -0.486 e. The van der Waals surface area contributed by atoms with E-state index in [9.17, 15) is 4.79 Å². The van der Waals surface area contributed by atoms with Crippen molar-refractivity contribution in [2.24, 2.45) is 5.92 Å². The number of carbonyl (C=O) groups is 1. The molecule has 0 aliphatic carbocycles. The Hall–Kier alpha value is -3.34. The summed E-state index contributed by atoms with van der Waals surface area (Å²) in [5, 5.41) is 3.06.